The summed E-state index contributed by atoms with van der Waals surface area (Å²) in [6, 6.07) is 7.06. The maximum atomic E-state index is 9.24. The van der Waals surface area contributed by atoms with Crippen molar-refractivity contribution >= 4 is 21.6 Å². The molecule has 0 radical (unpaired) electrons. The molecule has 1 aromatic rings. The summed E-state index contributed by atoms with van der Waals surface area (Å²) in [5.74, 6) is 0. The molecule has 2 unspecified atom stereocenters. The maximum absolute atomic E-state index is 9.24. The van der Waals surface area contributed by atoms with Crippen LogP contribution < -0.4 is 10.2 Å². The standard InChI is InChI=1S/C13H19BrN2O/c1-9-3-4-12(5-13(9)14)16-7-11(8-17)15-6-10(16)2/h3-5,10-11,15,17H,6-8H2,1-2H3. The van der Waals surface area contributed by atoms with Gasteiger partial charge in [0.05, 0.1) is 6.61 Å². The lowest BCUT2D eigenvalue weighted by Crippen LogP contribution is -2.56. The Labute approximate surface area is 111 Å². The minimum atomic E-state index is 0.172. The minimum absolute atomic E-state index is 0.172. The van der Waals surface area contributed by atoms with Gasteiger partial charge < -0.3 is 15.3 Å². The molecule has 0 aliphatic carbocycles. The number of hydrogen-bond donors (Lipinski definition) is 2. The van der Waals surface area contributed by atoms with Gasteiger partial charge in [-0.15, -0.1) is 0 Å². The second-order valence-electron chi connectivity index (χ2n) is 4.72. The van der Waals surface area contributed by atoms with E-state index in [1.165, 1.54) is 11.3 Å². The van der Waals surface area contributed by atoms with Crippen molar-refractivity contribution in [3.05, 3.63) is 28.2 Å². The second kappa shape index (κ2) is 5.38. The number of rotatable bonds is 2. The highest BCUT2D eigenvalue weighted by Crippen LogP contribution is 2.26. The number of hydrogen-bond acceptors (Lipinski definition) is 3. The van der Waals surface area contributed by atoms with Crippen LogP contribution in [0.2, 0.25) is 0 Å². The number of piperazine rings is 1. The Bertz CT molecular complexity index is 397. The van der Waals surface area contributed by atoms with Crippen LogP contribution in [0, 0.1) is 6.92 Å². The van der Waals surface area contributed by atoms with Crippen molar-refractivity contribution in [2.24, 2.45) is 0 Å². The molecule has 0 saturated carbocycles. The fourth-order valence-electron chi connectivity index (χ4n) is 2.17. The van der Waals surface area contributed by atoms with Crippen LogP contribution in [0.15, 0.2) is 22.7 Å². The van der Waals surface area contributed by atoms with Crippen molar-refractivity contribution in [3.63, 3.8) is 0 Å². The van der Waals surface area contributed by atoms with E-state index in [4.69, 9.17) is 0 Å². The Hall–Kier alpha value is -0.580. The first kappa shape index (κ1) is 12.9. The number of aliphatic hydroxyl groups is 1. The number of benzene rings is 1. The Morgan fingerprint density at radius 3 is 2.94 bits per heavy atom. The van der Waals surface area contributed by atoms with Crippen molar-refractivity contribution in [3.8, 4) is 0 Å². The van der Waals surface area contributed by atoms with Gasteiger partial charge in [0.15, 0.2) is 0 Å². The summed E-state index contributed by atoms with van der Waals surface area (Å²) in [4.78, 5) is 2.35. The van der Waals surface area contributed by atoms with E-state index in [2.05, 4.69) is 58.2 Å². The van der Waals surface area contributed by atoms with Gasteiger partial charge in [0, 0.05) is 35.3 Å². The second-order valence-corrected chi connectivity index (χ2v) is 5.58. The molecule has 1 aromatic carbocycles. The highest BCUT2D eigenvalue weighted by molar-refractivity contribution is 9.10. The number of aryl methyl sites for hydroxylation is 1. The fraction of sp³-hybridized carbons (Fsp3) is 0.538. The van der Waals surface area contributed by atoms with Crippen LogP contribution in [0.5, 0.6) is 0 Å². The zero-order valence-electron chi connectivity index (χ0n) is 10.3. The van der Waals surface area contributed by atoms with Crippen molar-refractivity contribution in [1.29, 1.82) is 0 Å². The van der Waals surface area contributed by atoms with Gasteiger partial charge >= 0.3 is 0 Å². The van der Waals surface area contributed by atoms with Crippen molar-refractivity contribution in [2.75, 3.05) is 24.6 Å². The van der Waals surface area contributed by atoms with Gasteiger partial charge in [-0.3, -0.25) is 0 Å². The highest BCUT2D eigenvalue weighted by Gasteiger charge is 2.24. The molecule has 0 aromatic heterocycles. The molecule has 1 aliphatic heterocycles. The van der Waals surface area contributed by atoms with Crippen LogP contribution in [0.1, 0.15) is 12.5 Å². The largest absolute Gasteiger partial charge is 0.395 e. The number of aliphatic hydroxyl groups excluding tert-OH is 1. The van der Waals surface area contributed by atoms with Crippen LogP contribution in [0.25, 0.3) is 0 Å². The molecule has 0 bridgehead atoms. The number of nitrogens with one attached hydrogen (secondary N) is 1. The molecule has 1 heterocycles. The SMILES string of the molecule is Cc1ccc(N2CC(CO)NCC2C)cc1Br. The lowest BCUT2D eigenvalue weighted by Gasteiger charge is -2.40. The summed E-state index contributed by atoms with van der Waals surface area (Å²) < 4.78 is 1.14. The zero-order valence-corrected chi connectivity index (χ0v) is 11.9. The Morgan fingerprint density at radius 2 is 2.29 bits per heavy atom. The van der Waals surface area contributed by atoms with Gasteiger partial charge in [0.25, 0.3) is 0 Å². The fourth-order valence-corrected chi connectivity index (χ4v) is 2.54. The molecule has 94 valence electrons. The summed E-state index contributed by atoms with van der Waals surface area (Å²) in [7, 11) is 0. The van der Waals surface area contributed by atoms with E-state index < -0.39 is 0 Å². The van der Waals surface area contributed by atoms with Gasteiger partial charge in [-0.1, -0.05) is 22.0 Å². The Kier molecular flexibility index (Phi) is 4.07. The Morgan fingerprint density at radius 1 is 1.53 bits per heavy atom. The molecule has 1 fully saturated rings. The minimum Gasteiger partial charge on any atom is -0.395 e. The van der Waals surface area contributed by atoms with E-state index in [1.807, 2.05) is 0 Å². The molecule has 3 nitrogen and oxygen atoms in total. The molecular formula is C13H19BrN2O. The smallest absolute Gasteiger partial charge is 0.0601 e. The van der Waals surface area contributed by atoms with E-state index in [1.54, 1.807) is 0 Å². The lowest BCUT2D eigenvalue weighted by atomic mass is 10.1. The van der Waals surface area contributed by atoms with Crippen molar-refractivity contribution in [2.45, 2.75) is 25.9 Å². The maximum Gasteiger partial charge on any atom is 0.0601 e. The summed E-state index contributed by atoms with van der Waals surface area (Å²) in [5.41, 5.74) is 2.46. The number of anilines is 1. The average molecular weight is 299 g/mol. The number of nitrogens with zero attached hydrogens (tertiary/aromatic N) is 1. The van der Waals surface area contributed by atoms with E-state index in [0.717, 1.165) is 17.6 Å². The summed E-state index contributed by atoms with van der Waals surface area (Å²) in [5, 5.41) is 12.6. The topological polar surface area (TPSA) is 35.5 Å². The van der Waals surface area contributed by atoms with Crippen LogP contribution in [-0.2, 0) is 0 Å². The molecule has 1 aliphatic rings. The third kappa shape index (κ3) is 2.81. The van der Waals surface area contributed by atoms with Gasteiger partial charge in [-0.05, 0) is 31.5 Å². The first-order valence-corrected chi connectivity index (χ1v) is 6.78. The lowest BCUT2D eigenvalue weighted by molar-refractivity contribution is 0.227. The summed E-state index contributed by atoms with van der Waals surface area (Å²) in [6.07, 6.45) is 0. The first-order valence-electron chi connectivity index (χ1n) is 5.99. The molecule has 2 atom stereocenters. The molecule has 17 heavy (non-hydrogen) atoms. The third-order valence-corrected chi connectivity index (χ3v) is 4.21. The molecule has 0 spiro atoms. The predicted octanol–water partition coefficient (Wildman–Crippen LogP) is 1.92. The van der Waals surface area contributed by atoms with Crippen molar-refractivity contribution in [1.82, 2.24) is 5.32 Å². The third-order valence-electron chi connectivity index (χ3n) is 3.36. The zero-order chi connectivity index (χ0) is 12.4. The van der Waals surface area contributed by atoms with Gasteiger partial charge in [-0.2, -0.15) is 0 Å². The average Bonchev–Trinajstić information content (AvgIpc) is 2.33. The summed E-state index contributed by atoms with van der Waals surface area (Å²) >= 11 is 3.57. The van der Waals surface area contributed by atoms with E-state index in [-0.39, 0.29) is 12.6 Å². The first-order chi connectivity index (χ1) is 8.11. The normalized spacial score (nSPS) is 25.1. The van der Waals surface area contributed by atoms with Crippen LogP contribution >= 0.6 is 15.9 Å². The quantitative estimate of drug-likeness (QED) is 0.876. The molecule has 2 rings (SSSR count). The van der Waals surface area contributed by atoms with Crippen LogP contribution in [0.3, 0.4) is 0 Å². The molecule has 0 amide bonds. The van der Waals surface area contributed by atoms with E-state index in [9.17, 15) is 5.11 Å². The van der Waals surface area contributed by atoms with Crippen LogP contribution in [0.4, 0.5) is 5.69 Å². The highest BCUT2D eigenvalue weighted by atomic mass is 79.9. The van der Waals surface area contributed by atoms with E-state index in [0.29, 0.717) is 6.04 Å². The molecule has 4 heteroatoms. The van der Waals surface area contributed by atoms with E-state index >= 15 is 0 Å². The predicted molar refractivity (Wildman–Crippen MR) is 74.6 cm³/mol. The molecular weight excluding hydrogens is 280 g/mol. The van der Waals surface area contributed by atoms with Crippen LogP contribution in [-0.4, -0.2) is 36.9 Å². The molecule has 2 N–H and O–H groups in total. The van der Waals surface area contributed by atoms with Gasteiger partial charge in [-0.25, -0.2) is 0 Å². The van der Waals surface area contributed by atoms with Crippen molar-refractivity contribution < 1.29 is 5.11 Å². The van der Waals surface area contributed by atoms with Gasteiger partial charge in [0.2, 0.25) is 0 Å². The van der Waals surface area contributed by atoms with Gasteiger partial charge in [0.1, 0.15) is 0 Å². The Balaban J connectivity index is 2.21. The number of halogens is 1. The molecule has 1 saturated heterocycles. The summed E-state index contributed by atoms with van der Waals surface area (Å²) in [6.45, 7) is 6.25. The monoisotopic (exact) mass is 298 g/mol.